The van der Waals surface area contributed by atoms with E-state index in [0.29, 0.717) is 29.2 Å². The highest BCUT2D eigenvalue weighted by Crippen LogP contribution is 2.17. The average molecular weight is 426 g/mol. The molecule has 0 atom stereocenters. The number of thiocarbonyl (C=S) groups is 1. The second-order valence-corrected chi connectivity index (χ2v) is 7.56. The number of nitrogens with zero attached hydrogens (tertiary/aromatic N) is 1. The first-order valence-corrected chi connectivity index (χ1v) is 10.7. The summed E-state index contributed by atoms with van der Waals surface area (Å²) in [7, 11) is 0. The molecule has 2 aromatic rings. The number of hydrogen-bond acceptors (Lipinski definition) is 4. The van der Waals surface area contributed by atoms with Gasteiger partial charge in [-0.1, -0.05) is 25.0 Å². The van der Waals surface area contributed by atoms with Gasteiger partial charge in [-0.3, -0.25) is 14.9 Å². The zero-order valence-corrected chi connectivity index (χ0v) is 18.0. The van der Waals surface area contributed by atoms with E-state index in [0.717, 1.165) is 25.9 Å². The van der Waals surface area contributed by atoms with E-state index in [2.05, 4.69) is 10.6 Å². The van der Waals surface area contributed by atoms with E-state index in [4.69, 9.17) is 17.0 Å². The topological polar surface area (TPSA) is 70.7 Å². The normalized spacial score (nSPS) is 13.8. The van der Waals surface area contributed by atoms with Crippen LogP contribution in [0.5, 0.6) is 5.75 Å². The van der Waals surface area contributed by atoms with Gasteiger partial charge in [-0.2, -0.15) is 0 Å². The van der Waals surface area contributed by atoms with Crippen molar-refractivity contribution < 1.29 is 14.3 Å². The number of rotatable bonds is 5. The van der Waals surface area contributed by atoms with Gasteiger partial charge in [-0.05, 0) is 68.4 Å². The monoisotopic (exact) mass is 425 g/mol. The van der Waals surface area contributed by atoms with E-state index in [1.165, 1.54) is 12.8 Å². The minimum Gasteiger partial charge on any atom is -0.494 e. The van der Waals surface area contributed by atoms with E-state index in [-0.39, 0.29) is 16.9 Å². The van der Waals surface area contributed by atoms with E-state index < -0.39 is 0 Å². The smallest absolute Gasteiger partial charge is 0.257 e. The number of likely N-dealkylation sites (tertiary alicyclic amines) is 1. The molecule has 0 spiro atoms. The largest absolute Gasteiger partial charge is 0.494 e. The molecule has 2 aromatic carbocycles. The molecule has 7 heteroatoms. The minimum absolute atomic E-state index is 0.0308. The van der Waals surface area contributed by atoms with Crippen molar-refractivity contribution >= 4 is 34.8 Å². The molecule has 0 radical (unpaired) electrons. The van der Waals surface area contributed by atoms with Crippen LogP contribution < -0.4 is 15.4 Å². The third-order valence-corrected chi connectivity index (χ3v) is 5.10. The maximum Gasteiger partial charge on any atom is 0.257 e. The predicted octanol–water partition coefficient (Wildman–Crippen LogP) is 4.23. The Hall–Kier alpha value is -2.93. The summed E-state index contributed by atoms with van der Waals surface area (Å²) in [5, 5.41) is 5.82. The van der Waals surface area contributed by atoms with Crippen LogP contribution in [0.3, 0.4) is 0 Å². The number of ether oxygens (including phenoxy) is 1. The lowest BCUT2D eigenvalue weighted by molar-refractivity contribution is 0.0761. The number of hydrogen-bond donors (Lipinski definition) is 2. The fraction of sp³-hybridized carbons (Fsp3) is 0.348. The van der Waals surface area contributed by atoms with Gasteiger partial charge in [0, 0.05) is 29.9 Å². The molecular formula is C23H27N3O3S. The van der Waals surface area contributed by atoms with Crippen LogP contribution >= 0.6 is 12.2 Å². The van der Waals surface area contributed by atoms with Crippen LogP contribution in [0.15, 0.2) is 48.5 Å². The molecule has 1 saturated heterocycles. The molecule has 1 heterocycles. The summed E-state index contributed by atoms with van der Waals surface area (Å²) in [5.41, 5.74) is 1.72. The van der Waals surface area contributed by atoms with Gasteiger partial charge in [0.25, 0.3) is 11.8 Å². The summed E-state index contributed by atoms with van der Waals surface area (Å²) in [4.78, 5) is 27.2. The second kappa shape index (κ2) is 10.7. The highest BCUT2D eigenvalue weighted by atomic mass is 32.1. The number of carbonyl (C=O) groups excluding carboxylic acids is 2. The third-order valence-electron chi connectivity index (χ3n) is 4.89. The molecule has 158 valence electrons. The fourth-order valence-corrected chi connectivity index (χ4v) is 3.63. The van der Waals surface area contributed by atoms with Gasteiger partial charge >= 0.3 is 0 Å². The molecule has 1 aliphatic rings. The summed E-state index contributed by atoms with van der Waals surface area (Å²) in [6, 6.07) is 14.1. The lowest BCUT2D eigenvalue weighted by Crippen LogP contribution is -2.34. The van der Waals surface area contributed by atoms with E-state index in [1.54, 1.807) is 36.4 Å². The fourth-order valence-electron chi connectivity index (χ4n) is 3.42. The van der Waals surface area contributed by atoms with Crippen molar-refractivity contribution in [1.29, 1.82) is 0 Å². The number of amides is 2. The Kier molecular flexibility index (Phi) is 7.79. The highest BCUT2D eigenvalue weighted by molar-refractivity contribution is 7.80. The molecular weight excluding hydrogens is 398 g/mol. The number of anilines is 1. The molecule has 6 nitrogen and oxygen atoms in total. The SMILES string of the molecule is CCOc1cccc(C(=O)NC(=S)Nc2cccc(C(=O)N3CCCCCC3)c2)c1. The van der Waals surface area contributed by atoms with Gasteiger partial charge in [-0.15, -0.1) is 0 Å². The lowest BCUT2D eigenvalue weighted by atomic mass is 10.1. The van der Waals surface area contributed by atoms with E-state index >= 15 is 0 Å². The van der Waals surface area contributed by atoms with Crippen molar-refractivity contribution in [2.75, 3.05) is 25.0 Å². The van der Waals surface area contributed by atoms with Gasteiger partial charge in [0.15, 0.2) is 5.11 Å². The molecule has 2 N–H and O–H groups in total. The molecule has 0 unspecified atom stereocenters. The summed E-state index contributed by atoms with van der Waals surface area (Å²) >= 11 is 5.28. The molecule has 0 bridgehead atoms. The van der Waals surface area contributed by atoms with Crippen molar-refractivity contribution in [2.45, 2.75) is 32.6 Å². The Bertz CT molecular complexity index is 908. The predicted molar refractivity (Wildman–Crippen MR) is 122 cm³/mol. The third kappa shape index (κ3) is 6.03. The van der Waals surface area contributed by atoms with Crippen LogP contribution in [0.25, 0.3) is 0 Å². The molecule has 1 aliphatic heterocycles. The maximum absolute atomic E-state index is 12.8. The summed E-state index contributed by atoms with van der Waals surface area (Å²) < 4.78 is 5.43. The molecule has 3 rings (SSSR count). The van der Waals surface area contributed by atoms with Gasteiger partial charge in [0.1, 0.15) is 5.75 Å². The second-order valence-electron chi connectivity index (χ2n) is 7.16. The molecule has 1 fully saturated rings. The van der Waals surface area contributed by atoms with Crippen molar-refractivity contribution in [2.24, 2.45) is 0 Å². The Morgan fingerprint density at radius 3 is 2.43 bits per heavy atom. The van der Waals surface area contributed by atoms with E-state index in [9.17, 15) is 9.59 Å². The number of nitrogens with one attached hydrogen (secondary N) is 2. The molecule has 0 saturated carbocycles. The van der Waals surface area contributed by atoms with E-state index in [1.807, 2.05) is 24.0 Å². The first-order valence-electron chi connectivity index (χ1n) is 10.3. The lowest BCUT2D eigenvalue weighted by Gasteiger charge is -2.20. The summed E-state index contributed by atoms with van der Waals surface area (Å²) in [5.74, 6) is 0.331. The Morgan fingerprint density at radius 1 is 1.00 bits per heavy atom. The molecule has 0 aromatic heterocycles. The van der Waals surface area contributed by atoms with Gasteiger partial charge in [-0.25, -0.2) is 0 Å². The first-order chi connectivity index (χ1) is 14.6. The maximum atomic E-state index is 12.8. The summed E-state index contributed by atoms with van der Waals surface area (Å²) in [6.45, 7) is 4.01. The van der Waals surface area contributed by atoms with Crippen molar-refractivity contribution in [3.8, 4) is 5.75 Å². The van der Waals surface area contributed by atoms with Crippen molar-refractivity contribution in [3.05, 3.63) is 59.7 Å². The number of carbonyl (C=O) groups is 2. The summed E-state index contributed by atoms with van der Waals surface area (Å²) in [6.07, 6.45) is 4.44. The van der Waals surface area contributed by atoms with Crippen LogP contribution in [0, 0.1) is 0 Å². The van der Waals surface area contributed by atoms with Crippen LogP contribution in [0.2, 0.25) is 0 Å². The van der Waals surface area contributed by atoms with Gasteiger partial charge in [0.05, 0.1) is 6.61 Å². The Balaban J connectivity index is 1.61. The van der Waals surface area contributed by atoms with Crippen LogP contribution in [0.1, 0.15) is 53.3 Å². The van der Waals surface area contributed by atoms with Crippen molar-refractivity contribution in [1.82, 2.24) is 10.2 Å². The first kappa shape index (κ1) is 21.8. The van der Waals surface area contributed by atoms with Crippen molar-refractivity contribution in [3.63, 3.8) is 0 Å². The zero-order chi connectivity index (χ0) is 21.3. The van der Waals surface area contributed by atoms with Gasteiger partial charge in [0.2, 0.25) is 0 Å². The quantitative estimate of drug-likeness (QED) is 0.702. The average Bonchev–Trinajstić information content (AvgIpc) is 3.03. The Labute approximate surface area is 182 Å². The minimum atomic E-state index is -0.328. The van der Waals surface area contributed by atoms with Crippen LogP contribution in [-0.4, -0.2) is 41.5 Å². The zero-order valence-electron chi connectivity index (χ0n) is 17.1. The molecule has 0 aliphatic carbocycles. The van der Waals surface area contributed by atoms with Crippen LogP contribution in [0.4, 0.5) is 5.69 Å². The highest BCUT2D eigenvalue weighted by Gasteiger charge is 2.17. The number of benzene rings is 2. The Morgan fingerprint density at radius 2 is 1.70 bits per heavy atom. The van der Waals surface area contributed by atoms with Crippen LogP contribution in [-0.2, 0) is 0 Å². The van der Waals surface area contributed by atoms with Gasteiger partial charge < -0.3 is 15.0 Å². The standard InChI is InChI=1S/C23H27N3O3S/c1-2-29-20-12-8-9-17(16-20)21(27)25-23(30)24-19-11-7-10-18(15-19)22(28)26-13-5-3-4-6-14-26/h7-12,15-16H,2-6,13-14H2,1H3,(H2,24,25,27,30). The molecule has 30 heavy (non-hydrogen) atoms. The molecule has 2 amide bonds.